The second-order valence-corrected chi connectivity index (χ2v) is 4.80. The van der Waals surface area contributed by atoms with Crippen LogP contribution in [0.25, 0.3) is 22.3 Å². The quantitative estimate of drug-likeness (QED) is 0.545. The van der Waals surface area contributed by atoms with E-state index >= 15 is 0 Å². The first kappa shape index (κ1) is 14.1. The molecular formula is C18H14O4. The van der Waals surface area contributed by atoms with Gasteiger partial charge in [-0.1, -0.05) is 43.3 Å². The zero-order valence-electron chi connectivity index (χ0n) is 12.0. The Morgan fingerprint density at radius 1 is 1.09 bits per heavy atom. The lowest BCUT2D eigenvalue weighted by atomic mass is 10.1. The minimum atomic E-state index is -0.390. The van der Waals surface area contributed by atoms with Crippen molar-refractivity contribution in [3.8, 4) is 17.1 Å². The zero-order chi connectivity index (χ0) is 15.5. The maximum Gasteiger partial charge on any atom is 0.310 e. The molecule has 0 bridgehead atoms. The SMILES string of the molecule is CCC(=O)Oc1cccc2oc(-c3ccccc3)cc(=O)c12. The van der Waals surface area contributed by atoms with Crippen LogP contribution >= 0.6 is 0 Å². The van der Waals surface area contributed by atoms with Crippen molar-refractivity contribution in [1.82, 2.24) is 0 Å². The van der Waals surface area contributed by atoms with Gasteiger partial charge in [-0.3, -0.25) is 9.59 Å². The van der Waals surface area contributed by atoms with Gasteiger partial charge in [0.2, 0.25) is 0 Å². The summed E-state index contributed by atoms with van der Waals surface area (Å²) in [5, 5.41) is 0.281. The van der Waals surface area contributed by atoms with E-state index in [2.05, 4.69) is 0 Å². The summed E-state index contributed by atoms with van der Waals surface area (Å²) in [7, 11) is 0. The number of rotatable bonds is 3. The molecule has 0 aliphatic carbocycles. The lowest BCUT2D eigenvalue weighted by Crippen LogP contribution is -2.09. The van der Waals surface area contributed by atoms with Crippen LogP contribution in [0.5, 0.6) is 5.75 Å². The number of hydrogen-bond donors (Lipinski definition) is 0. The molecule has 0 N–H and O–H groups in total. The summed E-state index contributed by atoms with van der Waals surface area (Å²) < 4.78 is 11.0. The number of carbonyl (C=O) groups excluding carboxylic acids is 1. The number of fused-ring (bicyclic) bond motifs is 1. The fraction of sp³-hybridized carbons (Fsp3) is 0.111. The van der Waals surface area contributed by atoms with Crippen LogP contribution < -0.4 is 10.2 Å². The fourth-order valence-electron chi connectivity index (χ4n) is 2.20. The molecule has 0 aliphatic heterocycles. The summed E-state index contributed by atoms with van der Waals surface area (Å²) >= 11 is 0. The number of hydrogen-bond acceptors (Lipinski definition) is 4. The molecule has 0 fully saturated rings. The first-order chi connectivity index (χ1) is 10.7. The van der Waals surface area contributed by atoms with Gasteiger partial charge in [-0.15, -0.1) is 0 Å². The van der Waals surface area contributed by atoms with E-state index in [4.69, 9.17) is 9.15 Å². The van der Waals surface area contributed by atoms with E-state index in [9.17, 15) is 9.59 Å². The third kappa shape index (κ3) is 2.63. The van der Waals surface area contributed by atoms with Gasteiger partial charge in [-0.25, -0.2) is 0 Å². The molecule has 2 aromatic carbocycles. The summed E-state index contributed by atoms with van der Waals surface area (Å²) in [5.41, 5.74) is 0.977. The Bertz CT molecular complexity index is 878. The standard InChI is InChI=1S/C18H14O4/c1-2-17(20)22-15-10-6-9-14-18(15)13(19)11-16(21-14)12-7-4-3-5-8-12/h3-11H,2H2,1H3. The molecular weight excluding hydrogens is 280 g/mol. The van der Waals surface area contributed by atoms with Gasteiger partial charge >= 0.3 is 5.97 Å². The maximum absolute atomic E-state index is 12.4. The van der Waals surface area contributed by atoms with Gasteiger partial charge in [-0.05, 0) is 12.1 Å². The second kappa shape index (κ2) is 5.85. The van der Waals surface area contributed by atoms with Gasteiger partial charge in [0.25, 0.3) is 0 Å². The molecule has 0 unspecified atom stereocenters. The highest BCUT2D eigenvalue weighted by atomic mass is 16.5. The van der Waals surface area contributed by atoms with E-state index in [-0.39, 0.29) is 29.0 Å². The lowest BCUT2D eigenvalue weighted by molar-refractivity contribution is -0.133. The van der Waals surface area contributed by atoms with E-state index < -0.39 is 0 Å². The van der Waals surface area contributed by atoms with E-state index in [1.54, 1.807) is 25.1 Å². The van der Waals surface area contributed by atoms with E-state index in [0.717, 1.165) is 5.56 Å². The highest BCUT2D eigenvalue weighted by molar-refractivity contribution is 5.87. The van der Waals surface area contributed by atoms with Crippen molar-refractivity contribution in [2.45, 2.75) is 13.3 Å². The smallest absolute Gasteiger partial charge is 0.310 e. The summed E-state index contributed by atoms with van der Waals surface area (Å²) in [6, 6.07) is 15.8. The van der Waals surface area contributed by atoms with Crippen molar-refractivity contribution in [3.63, 3.8) is 0 Å². The molecule has 0 saturated carbocycles. The topological polar surface area (TPSA) is 56.5 Å². The Morgan fingerprint density at radius 3 is 2.59 bits per heavy atom. The van der Waals surface area contributed by atoms with Crippen molar-refractivity contribution in [1.29, 1.82) is 0 Å². The van der Waals surface area contributed by atoms with Gasteiger partial charge in [0, 0.05) is 18.1 Å². The fourth-order valence-corrected chi connectivity index (χ4v) is 2.20. The van der Waals surface area contributed by atoms with Crippen LogP contribution in [0.15, 0.2) is 63.8 Å². The van der Waals surface area contributed by atoms with Crippen LogP contribution in [-0.4, -0.2) is 5.97 Å². The Morgan fingerprint density at radius 2 is 1.86 bits per heavy atom. The summed E-state index contributed by atoms with van der Waals surface area (Å²) in [6.45, 7) is 1.70. The monoisotopic (exact) mass is 294 g/mol. The third-order valence-corrected chi connectivity index (χ3v) is 3.29. The average Bonchev–Trinajstić information content (AvgIpc) is 2.55. The Balaban J connectivity index is 2.17. The molecule has 0 saturated heterocycles. The van der Waals surface area contributed by atoms with Crippen LogP contribution in [0.4, 0.5) is 0 Å². The molecule has 1 heterocycles. The molecule has 0 aliphatic rings. The van der Waals surface area contributed by atoms with Crippen molar-refractivity contribution in [2.75, 3.05) is 0 Å². The summed E-state index contributed by atoms with van der Waals surface area (Å²) in [4.78, 5) is 23.9. The van der Waals surface area contributed by atoms with Crippen LogP contribution in [0, 0.1) is 0 Å². The predicted octanol–water partition coefficient (Wildman–Crippen LogP) is 3.78. The normalized spacial score (nSPS) is 10.6. The third-order valence-electron chi connectivity index (χ3n) is 3.29. The summed E-state index contributed by atoms with van der Waals surface area (Å²) in [5.74, 6) is 0.328. The lowest BCUT2D eigenvalue weighted by Gasteiger charge is -2.07. The molecule has 3 aromatic rings. The minimum Gasteiger partial charge on any atom is -0.456 e. The Labute approximate surface area is 127 Å². The van der Waals surface area contributed by atoms with Crippen LogP contribution in [0.2, 0.25) is 0 Å². The number of esters is 1. The van der Waals surface area contributed by atoms with Crippen molar-refractivity contribution >= 4 is 16.9 Å². The van der Waals surface area contributed by atoms with Gasteiger partial charge in [0.05, 0.1) is 0 Å². The summed E-state index contributed by atoms with van der Waals surface area (Å²) in [6.07, 6.45) is 0.240. The molecule has 0 atom stereocenters. The van der Waals surface area contributed by atoms with Gasteiger partial charge in [0.1, 0.15) is 22.5 Å². The first-order valence-electron chi connectivity index (χ1n) is 7.02. The first-order valence-corrected chi connectivity index (χ1v) is 7.02. The number of ether oxygens (including phenoxy) is 1. The number of benzene rings is 2. The predicted molar refractivity (Wildman–Crippen MR) is 83.8 cm³/mol. The molecule has 22 heavy (non-hydrogen) atoms. The van der Waals surface area contributed by atoms with Crippen molar-refractivity contribution in [3.05, 3.63) is 64.8 Å². The molecule has 0 radical (unpaired) electrons. The molecule has 3 rings (SSSR count). The largest absolute Gasteiger partial charge is 0.456 e. The van der Waals surface area contributed by atoms with Crippen molar-refractivity contribution in [2.24, 2.45) is 0 Å². The van der Waals surface area contributed by atoms with Gasteiger partial charge < -0.3 is 9.15 Å². The molecule has 110 valence electrons. The zero-order valence-corrected chi connectivity index (χ0v) is 12.0. The Hall–Kier alpha value is -2.88. The van der Waals surface area contributed by atoms with Crippen LogP contribution in [0.1, 0.15) is 13.3 Å². The van der Waals surface area contributed by atoms with Gasteiger partial charge in [-0.2, -0.15) is 0 Å². The van der Waals surface area contributed by atoms with Crippen molar-refractivity contribution < 1.29 is 13.9 Å². The minimum absolute atomic E-state index is 0.234. The van der Waals surface area contributed by atoms with Crippen LogP contribution in [-0.2, 0) is 4.79 Å². The van der Waals surface area contributed by atoms with E-state index in [0.29, 0.717) is 11.3 Å². The molecule has 0 spiro atoms. The molecule has 4 nitrogen and oxygen atoms in total. The van der Waals surface area contributed by atoms with Gasteiger partial charge in [0.15, 0.2) is 5.43 Å². The maximum atomic E-state index is 12.4. The Kier molecular flexibility index (Phi) is 3.74. The van der Waals surface area contributed by atoms with E-state index in [1.165, 1.54) is 6.07 Å². The average molecular weight is 294 g/mol. The second-order valence-electron chi connectivity index (χ2n) is 4.80. The van der Waals surface area contributed by atoms with Crippen LogP contribution in [0.3, 0.4) is 0 Å². The molecule has 4 heteroatoms. The number of carbonyl (C=O) groups is 1. The van der Waals surface area contributed by atoms with E-state index in [1.807, 2.05) is 30.3 Å². The molecule has 1 aromatic heterocycles. The molecule has 0 amide bonds. The highest BCUT2D eigenvalue weighted by Crippen LogP contribution is 2.27. The highest BCUT2D eigenvalue weighted by Gasteiger charge is 2.13.